The van der Waals surface area contributed by atoms with Gasteiger partial charge in [-0.2, -0.15) is 31.6 Å². The third-order valence-corrected chi connectivity index (χ3v) is 8.77. The smallest absolute Gasteiger partial charge is 0.475 e. The van der Waals surface area contributed by atoms with E-state index in [9.17, 15) is 40.7 Å². The molecule has 0 bridgehead atoms. The van der Waals surface area contributed by atoms with Crippen molar-refractivity contribution in [3.05, 3.63) is 78.1 Å². The van der Waals surface area contributed by atoms with Crippen LogP contribution in [-0.2, 0) is 31.7 Å². The molecule has 1 aliphatic rings. The average molecular weight is 807 g/mol. The Kier molecular flexibility index (Phi) is 14.0. The first-order valence-corrected chi connectivity index (χ1v) is 17.5. The number of carbonyl (C=O) groups is 4. The molecule has 1 aliphatic carbocycles. The molecule has 5 rings (SSSR count). The van der Waals surface area contributed by atoms with Gasteiger partial charge in [-0.3, -0.25) is 19.5 Å². The Balaban J connectivity index is 0.000000940. The van der Waals surface area contributed by atoms with Crippen LogP contribution in [0.1, 0.15) is 57.7 Å². The molecule has 0 saturated heterocycles. The zero-order chi connectivity index (χ0) is 42.1. The molecule has 0 radical (unpaired) electrons. The molecule has 20 heteroatoms. The Bertz CT molecular complexity index is 1960. The normalized spacial score (nSPS) is 16.4. The number of halogens is 6. The lowest BCUT2D eigenvalue weighted by atomic mass is 9.81. The fourth-order valence-electron chi connectivity index (χ4n) is 5.98. The van der Waals surface area contributed by atoms with Crippen molar-refractivity contribution in [1.29, 1.82) is 0 Å². The third kappa shape index (κ3) is 12.7. The van der Waals surface area contributed by atoms with Crippen LogP contribution in [0.2, 0.25) is 0 Å². The number of rotatable bonds is 10. The highest BCUT2D eigenvalue weighted by molar-refractivity contribution is 6.01. The van der Waals surface area contributed by atoms with E-state index in [0.29, 0.717) is 66.0 Å². The van der Waals surface area contributed by atoms with Gasteiger partial charge in [0.1, 0.15) is 17.3 Å². The molecule has 1 fully saturated rings. The number of nitrogens with two attached hydrogens (primary N) is 1. The van der Waals surface area contributed by atoms with Crippen LogP contribution in [0.3, 0.4) is 0 Å². The minimum Gasteiger partial charge on any atom is -0.475 e. The number of amides is 3. The first-order valence-electron chi connectivity index (χ1n) is 17.5. The molecule has 2 aromatic carbocycles. The molecule has 306 valence electrons. The van der Waals surface area contributed by atoms with E-state index in [-0.39, 0.29) is 24.2 Å². The maximum Gasteiger partial charge on any atom is 0.490 e. The number of aromatic nitrogens is 5. The number of carboxylic acids is 1. The van der Waals surface area contributed by atoms with Gasteiger partial charge in [-0.1, -0.05) is 30.3 Å². The molecule has 57 heavy (non-hydrogen) atoms. The highest BCUT2D eigenvalue weighted by Gasteiger charge is 2.39. The number of carboxylic acid groups (broad SMARTS) is 1. The number of H-pyrrole nitrogens is 1. The van der Waals surface area contributed by atoms with E-state index in [1.165, 1.54) is 11.0 Å². The molecule has 4 aromatic rings. The maximum atomic E-state index is 14.3. The van der Waals surface area contributed by atoms with Crippen molar-refractivity contribution >= 4 is 29.6 Å². The van der Waals surface area contributed by atoms with Crippen molar-refractivity contribution in [2.45, 2.75) is 76.9 Å². The van der Waals surface area contributed by atoms with Crippen molar-refractivity contribution in [3.63, 3.8) is 0 Å². The predicted molar refractivity (Wildman–Crippen MR) is 192 cm³/mol. The minimum atomic E-state index is -5.08. The number of aromatic amines is 1. The number of alkyl halides is 6. The zero-order valence-electron chi connectivity index (χ0n) is 30.9. The summed E-state index contributed by atoms with van der Waals surface area (Å²) in [4.78, 5) is 53.5. The Labute approximate surface area is 322 Å². The minimum absolute atomic E-state index is 0.0916. The Morgan fingerprint density at radius 2 is 1.47 bits per heavy atom. The number of benzene rings is 2. The van der Waals surface area contributed by atoms with E-state index in [4.69, 9.17) is 20.4 Å². The number of ether oxygens (including phenoxy) is 1. The first kappa shape index (κ1) is 43.6. The second-order valence-electron chi connectivity index (χ2n) is 14.1. The number of tetrazole rings is 1. The van der Waals surface area contributed by atoms with Crippen LogP contribution in [0.25, 0.3) is 22.5 Å². The number of hydrogen-bond acceptors (Lipinski definition) is 9. The summed E-state index contributed by atoms with van der Waals surface area (Å²) in [5, 5.41) is 23.9. The van der Waals surface area contributed by atoms with Crippen LogP contribution >= 0.6 is 0 Å². The summed E-state index contributed by atoms with van der Waals surface area (Å²) in [5.41, 5.74) is 7.32. The maximum absolute atomic E-state index is 14.3. The van der Waals surface area contributed by atoms with Gasteiger partial charge in [0.25, 0.3) is 0 Å². The van der Waals surface area contributed by atoms with Gasteiger partial charge in [0.05, 0.1) is 0 Å². The molecular formula is C37H40F6N8O6. The lowest BCUT2D eigenvalue weighted by Crippen LogP contribution is -2.52. The van der Waals surface area contributed by atoms with Gasteiger partial charge in [0, 0.05) is 41.9 Å². The molecule has 1 saturated carbocycles. The van der Waals surface area contributed by atoms with Gasteiger partial charge in [-0.25, -0.2) is 9.59 Å². The van der Waals surface area contributed by atoms with Crippen LogP contribution in [0, 0.1) is 11.8 Å². The average Bonchev–Trinajstić information content (AvgIpc) is 3.69. The standard InChI is InChI=1S/C35H39F3N8O4.C2HF3O2/c1-34(2,3)50-33(49)41-19-22-6-10-25(11-7-22)32(48)46(27-15-12-24(13-16-27)31-42-44-45-43-31)28(30(39)47)18-21-4-8-23(9-5-21)26-14-17-29(40-20-26)35(36,37)38;3-2(4,5)1(6)7/h4-5,8-9,12-17,20,22,25,28H,6-7,10-11,18-19H2,1-3H3,(H2,39,47)(H,41,49)(H,42,43,44,45);(H,6,7)/t22-,25-,28-;/m0./s1. The van der Waals surface area contributed by atoms with Gasteiger partial charge in [-0.15, -0.1) is 10.2 Å². The highest BCUT2D eigenvalue weighted by atomic mass is 19.4. The number of primary amides is 1. The number of nitrogens with zero attached hydrogens (tertiary/aromatic N) is 5. The lowest BCUT2D eigenvalue weighted by molar-refractivity contribution is -0.192. The van der Waals surface area contributed by atoms with E-state index in [1.54, 1.807) is 69.3 Å². The van der Waals surface area contributed by atoms with Gasteiger partial charge in [-0.05, 0) is 99.0 Å². The van der Waals surface area contributed by atoms with Crippen LogP contribution in [-0.4, -0.2) is 79.0 Å². The number of carbonyl (C=O) groups excluding carboxylic acids is 3. The van der Waals surface area contributed by atoms with E-state index >= 15 is 0 Å². The monoisotopic (exact) mass is 806 g/mol. The quantitative estimate of drug-likeness (QED) is 0.131. The van der Waals surface area contributed by atoms with E-state index in [2.05, 4.69) is 30.9 Å². The fraction of sp³-hybridized carbons (Fsp3) is 0.405. The number of aliphatic carboxylic acids is 1. The number of anilines is 1. The molecule has 0 spiro atoms. The topological polar surface area (TPSA) is 206 Å². The van der Waals surface area contributed by atoms with Crippen LogP contribution in [0.15, 0.2) is 66.9 Å². The third-order valence-electron chi connectivity index (χ3n) is 8.77. The SMILES string of the molecule is CC(C)(C)OC(=O)NC[C@H]1CC[C@H](C(=O)N(c2ccc(-c3nn[nH]n3)cc2)[C@@H](Cc2ccc(-c3ccc(C(F)(F)F)nc3)cc2)C(N)=O)CC1.O=C(O)C(F)(F)F. The van der Waals surface area contributed by atoms with Crippen LogP contribution in [0.4, 0.5) is 36.8 Å². The van der Waals surface area contributed by atoms with Crippen molar-refractivity contribution < 1.29 is 55.4 Å². The van der Waals surface area contributed by atoms with Gasteiger partial charge >= 0.3 is 24.4 Å². The van der Waals surface area contributed by atoms with Crippen LogP contribution in [0.5, 0.6) is 0 Å². The van der Waals surface area contributed by atoms with E-state index in [1.807, 2.05) is 0 Å². The largest absolute Gasteiger partial charge is 0.490 e. The molecule has 2 heterocycles. The van der Waals surface area contributed by atoms with Crippen LogP contribution < -0.4 is 16.0 Å². The van der Waals surface area contributed by atoms with Crippen molar-refractivity contribution in [3.8, 4) is 22.5 Å². The summed E-state index contributed by atoms with van der Waals surface area (Å²) in [6.45, 7) is 5.82. The highest BCUT2D eigenvalue weighted by Crippen LogP contribution is 2.34. The van der Waals surface area contributed by atoms with E-state index < -0.39 is 47.7 Å². The van der Waals surface area contributed by atoms with Crippen molar-refractivity contribution in [2.24, 2.45) is 17.6 Å². The first-order chi connectivity index (χ1) is 26.6. The van der Waals surface area contributed by atoms with Crippen molar-refractivity contribution in [1.82, 2.24) is 30.9 Å². The second-order valence-corrected chi connectivity index (χ2v) is 14.1. The molecule has 0 unspecified atom stereocenters. The van der Waals surface area contributed by atoms with Gasteiger partial charge < -0.3 is 20.9 Å². The molecule has 5 N–H and O–H groups in total. The van der Waals surface area contributed by atoms with Gasteiger partial charge in [0.15, 0.2) is 0 Å². The van der Waals surface area contributed by atoms with Gasteiger partial charge in [0.2, 0.25) is 17.6 Å². The number of hydrogen-bond donors (Lipinski definition) is 4. The summed E-state index contributed by atoms with van der Waals surface area (Å²) in [5.74, 6) is -3.56. The van der Waals surface area contributed by atoms with Crippen molar-refractivity contribution in [2.75, 3.05) is 11.4 Å². The summed E-state index contributed by atoms with van der Waals surface area (Å²) < 4.78 is 76.0. The number of nitrogens with one attached hydrogen (secondary N) is 2. The predicted octanol–water partition coefficient (Wildman–Crippen LogP) is 6.34. The molecule has 1 atom stereocenters. The molecule has 2 aromatic heterocycles. The summed E-state index contributed by atoms with van der Waals surface area (Å²) in [6, 6.07) is 15.0. The molecule has 3 amide bonds. The lowest BCUT2D eigenvalue weighted by Gasteiger charge is -2.36. The summed E-state index contributed by atoms with van der Waals surface area (Å²) in [7, 11) is 0. The number of alkyl carbamates (subject to hydrolysis) is 1. The summed E-state index contributed by atoms with van der Waals surface area (Å²) >= 11 is 0. The second kappa shape index (κ2) is 18.2. The number of pyridine rings is 1. The zero-order valence-corrected chi connectivity index (χ0v) is 30.9. The summed E-state index contributed by atoms with van der Waals surface area (Å²) in [6.07, 6.45) is -6.37. The Morgan fingerprint density at radius 1 is 0.895 bits per heavy atom. The Hall–Kier alpha value is -6.08. The molecule has 0 aliphatic heterocycles. The van der Waals surface area contributed by atoms with E-state index in [0.717, 1.165) is 12.3 Å². The fourth-order valence-corrected chi connectivity index (χ4v) is 5.98. The Morgan fingerprint density at radius 3 is 1.95 bits per heavy atom. The molecule has 14 nitrogen and oxygen atoms in total. The molecular weight excluding hydrogens is 766 g/mol.